The van der Waals surface area contributed by atoms with Crippen molar-refractivity contribution < 1.29 is 13.2 Å². The van der Waals surface area contributed by atoms with Crippen molar-refractivity contribution in [3.05, 3.63) is 40.4 Å². The van der Waals surface area contributed by atoms with E-state index in [1.807, 2.05) is 0 Å². The van der Waals surface area contributed by atoms with Crippen LogP contribution in [0.15, 0.2) is 39.7 Å². The number of nitrogens with zero attached hydrogens (tertiary/aromatic N) is 1. The monoisotopic (exact) mass is 346 g/mol. The van der Waals surface area contributed by atoms with Gasteiger partial charge in [0.15, 0.2) is 0 Å². The summed E-state index contributed by atoms with van der Waals surface area (Å²) in [6.07, 6.45) is 0. The van der Waals surface area contributed by atoms with Gasteiger partial charge in [0.05, 0.1) is 4.90 Å². The molecule has 0 fully saturated rings. The van der Waals surface area contributed by atoms with Gasteiger partial charge in [-0.25, -0.2) is 8.42 Å². The molecule has 0 bridgehead atoms. The fourth-order valence-electron chi connectivity index (χ4n) is 1.50. The van der Waals surface area contributed by atoms with Crippen LogP contribution in [-0.4, -0.2) is 32.2 Å². The molecule has 1 aromatic carbocycles. The zero-order valence-corrected chi connectivity index (χ0v) is 13.1. The van der Waals surface area contributed by atoms with Crippen molar-refractivity contribution >= 4 is 31.9 Å². The predicted molar refractivity (Wildman–Crippen MR) is 77.3 cm³/mol. The molecular weight excluding hydrogens is 332 g/mol. The highest BCUT2D eigenvalue weighted by Gasteiger charge is 2.22. The summed E-state index contributed by atoms with van der Waals surface area (Å²) in [5.41, 5.74) is 6.02. The zero-order chi connectivity index (χ0) is 14.8. The number of rotatable bonds is 5. The van der Waals surface area contributed by atoms with Gasteiger partial charge in [0.1, 0.15) is 0 Å². The molecule has 104 valence electrons. The second-order valence-electron chi connectivity index (χ2n) is 4.26. The molecule has 7 heteroatoms. The first-order valence-corrected chi connectivity index (χ1v) is 7.59. The van der Waals surface area contributed by atoms with E-state index in [1.165, 1.54) is 29.6 Å². The van der Waals surface area contributed by atoms with Crippen molar-refractivity contribution in [2.75, 3.05) is 13.6 Å². The number of halogens is 1. The third-order valence-electron chi connectivity index (χ3n) is 2.36. The Morgan fingerprint density at radius 1 is 1.42 bits per heavy atom. The lowest BCUT2D eigenvalue weighted by Gasteiger charge is -2.17. The van der Waals surface area contributed by atoms with E-state index < -0.39 is 15.9 Å². The maximum Gasteiger partial charge on any atom is 0.248 e. The van der Waals surface area contributed by atoms with Gasteiger partial charge in [-0.3, -0.25) is 4.79 Å². The molecule has 1 rings (SSSR count). The van der Waals surface area contributed by atoms with Crippen molar-refractivity contribution in [2.45, 2.75) is 11.8 Å². The molecule has 1 aromatic rings. The zero-order valence-electron chi connectivity index (χ0n) is 10.7. The summed E-state index contributed by atoms with van der Waals surface area (Å²) in [6, 6.07) is 4.16. The molecular formula is C12H15BrN2O3S. The molecule has 0 radical (unpaired) electrons. The Labute approximate surface area is 121 Å². The summed E-state index contributed by atoms with van der Waals surface area (Å²) in [5, 5.41) is 0. The Hall–Kier alpha value is -1.18. The van der Waals surface area contributed by atoms with Crippen LogP contribution in [0.2, 0.25) is 0 Å². The second-order valence-corrected chi connectivity index (χ2v) is 7.22. The summed E-state index contributed by atoms with van der Waals surface area (Å²) < 4.78 is 26.3. The van der Waals surface area contributed by atoms with Gasteiger partial charge in [-0.1, -0.05) is 28.1 Å². The number of hydrogen-bond acceptors (Lipinski definition) is 3. The van der Waals surface area contributed by atoms with E-state index in [2.05, 4.69) is 22.5 Å². The molecule has 0 aromatic heterocycles. The summed E-state index contributed by atoms with van der Waals surface area (Å²) in [7, 11) is -2.22. The van der Waals surface area contributed by atoms with Crippen LogP contribution in [0.1, 0.15) is 17.3 Å². The standard InChI is InChI=1S/C12H15BrN2O3S/c1-8(2)7-15(3)19(17,18)11-5-9(12(14)16)4-10(13)6-11/h4-6H,1,7H2,2-3H3,(H2,14,16). The Bertz CT molecular complexity index is 626. The van der Waals surface area contributed by atoms with E-state index in [9.17, 15) is 13.2 Å². The molecule has 0 spiro atoms. The number of hydrogen-bond donors (Lipinski definition) is 1. The molecule has 19 heavy (non-hydrogen) atoms. The van der Waals surface area contributed by atoms with Crippen LogP contribution in [0, 0.1) is 0 Å². The quantitative estimate of drug-likeness (QED) is 0.824. The van der Waals surface area contributed by atoms with E-state index in [1.54, 1.807) is 6.92 Å². The van der Waals surface area contributed by atoms with E-state index in [0.29, 0.717) is 4.47 Å². The first kappa shape index (κ1) is 15.9. The smallest absolute Gasteiger partial charge is 0.248 e. The van der Waals surface area contributed by atoms with Crippen LogP contribution in [0.5, 0.6) is 0 Å². The normalized spacial score (nSPS) is 11.6. The van der Waals surface area contributed by atoms with Gasteiger partial charge in [-0.2, -0.15) is 4.31 Å². The molecule has 0 aliphatic heterocycles. The number of likely N-dealkylation sites (N-methyl/N-ethyl adjacent to an activating group) is 1. The number of benzene rings is 1. The largest absolute Gasteiger partial charge is 0.366 e. The fourth-order valence-corrected chi connectivity index (χ4v) is 3.45. The fraction of sp³-hybridized carbons (Fsp3) is 0.250. The molecule has 0 aliphatic carbocycles. The van der Waals surface area contributed by atoms with Crippen LogP contribution in [0.3, 0.4) is 0 Å². The summed E-state index contributed by atoms with van der Waals surface area (Å²) in [4.78, 5) is 11.2. The molecule has 2 N–H and O–H groups in total. The van der Waals surface area contributed by atoms with Crippen LogP contribution in [-0.2, 0) is 10.0 Å². The predicted octanol–water partition coefficient (Wildman–Crippen LogP) is 1.74. The van der Waals surface area contributed by atoms with Gasteiger partial charge in [-0.05, 0) is 25.1 Å². The molecule has 0 unspecified atom stereocenters. The Balaban J connectivity index is 3.28. The topological polar surface area (TPSA) is 80.5 Å². The highest BCUT2D eigenvalue weighted by molar-refractivity contribution is 9.10. The van der Waals surface area contributed by atoms with Crippen molar-refractivity contribution in [3.8, 4) is 0 Å². The minimum absolute atomic E-state index is 0.0134. The third-order valence-corrected chi connectivity index (χ3v) is 4.60. The maximum atomic E-state index is 12.3. The highest BCUT2D eigenvalue weighted by Crippen LogP contribution is 2.22. The van der Waals surface area contributed by atoms with E-state index in [-0.39, 0.29) is 17.0 Å². The van der Waals surface area contributed by atoms with Gasteiger partial charge in [0.2, 0.25) is 15.9 Å². The molecule has 0 saturated carbocycles. The van der Waals surface area contributed by atoms with Gasteiger partial charge in [0.25, 0.3) is 0 Å². The Morgan fingerprint density at radius 3 is 2.47 bits per heavy atom. The number of nitrogens with two attached hydrogens (primary N) is 1. The van der Waals surface area contributed by atoms with Crippen molar-refractivity contribution in [2.24, 2.45) is 5.73 Å². The lowest BCUT2D eigenvalue weighted by molar-refractivity contribution is 0.1000. The van der Waals surface area contributed by atoms with Gasteiger partial charge in [0, 0.05) is 23.6 Å². The van der Waals surface area contributed by atoms with Gasteiger partial charge >= 0.3 is 0 Å². The highest BCUT2D eigenvalue weighted by atomic mass is 79.9. The molecule has 0 aliphatic rings. The Morgan fingerprint density at radius 2 is 2.00 bits per heavy atom. The van der Waals surface area contributed by atoms with Crippen molar-refractivity contribution in [1.82, 2.24) is 4.31 Å². The van der Waals surface area contributed by atoms with E-state index in [4.69, 9.17) is 5.73 Å². The Kier molecular flexibility index (Phi) is 4.89. The third kappa shape index (κ3) is 3.89. The molecule has 5 nitrogen and oxygen atoms in total. The lowest BCUT2D eigenvalue weighted by Crippen LogP contribution is -2.28. The van der Waals surface area contributed by atoms with Crippen LogP contribution in [0.4, 0.5) is 0 Å². The minimum atomic E-state index is -3.68. The van der Waals surface area contributed by atoms with Crippen molar-refractivity contribution in [1.29, 1.82) is 0 Å². The average Bonchev–Trinajstić information content (AvgIpc) is 2.27. The first-order valence-electron chi connectivity index (χ1n) is 5.35. The second kappa shape index (κ2) is 5.85. The van der Waals surface area contributed by atoms with Crippen molar-refractivity contribution in [3.63, 3.8) is 0 Å². The SMILES string of the molecule is C=C(C)CN(C)S(=O)(=O)c1cc(Br)cc(C(N)=O)c1. The summed E-state index contributed by atoms with van der Waals surface area (Å²) >= 11 is 3.17. The first-order chi connectivity index (χ1) is 8.64. The number of carbonyl (C=O) groups is 1. The van der Waals surface area contributed by atoms with Gasteiger partial charge in [-0.15, -0.1) is 0 Å². The molecule has 0 heterocycles. The molecule has 1 amide bonds. The van der Waals surface area contributed by atoms with Gasteiger partial charge < -0.3 is 5.73 Å². The molecule has 0 atom stereocenters. The summed E-state index contributed by atoms with van der Waals surface area (Å²) in [5.74, 6) is -0.680. The van der Waals surface area contributed by atoms with E-state index in [0.717, 1.165) is 5.57 Å². The number of amides is 1. The molecule has 0 saturated heterocycles. The summed E-state index contributed by atoms with van der Waals surface area (Å²) in [6.45, 7) is 5.62. The van der Waals surface area contributed by atoms with E-state index >= 15 is 0 Å². The van der Waals surface area contributed by atoms with Crippen LogP contribution < -0.4 is 5.73 Å². The van der Waals surface area contributed by atoms with Crippen LogP contribution >= 0.6 is 15.9 Å². The number of sulfonamides is 1. The number of primary amides is 1. The lowest BCUT2D eigenvalue weighted by atomic mass is 10.2. The average molecular weight is 347 g/mol. The minimum Gasteiger partial charge on any atom is -0.366 e. The number of carbonyl (C=O) groups excluding carboxylic acids is 1. The maximum absolute atomic E-state index is 12.3. The van der Waals surface area contributed by atoms with Crippen LogP contribution in [0.25, 0.3) is 0 Å².